The molecule has 0 saturated heterocycles. The van der Waals surface area contributed by atoms with Crippen LogP contribution in [0.25, 0.3) is 0 Å². The van der Waals surface area contributed by atoms with Gasteiger partial charge in [0.2, 0.25) is 0 Å². The lowest BCUT2D eigenvalue weighted by atomic mass is 9.72. The van der Waals surface area contributed by atoms with Crippen LogP contribution in [0.2, 0.25) is 0 Å². The van der Waals surface area contributed by atoms with Crippen LogP contribution in [0.4, 0.5) is 0 Å². The Bertz CT molecular complexity index is 894. The fourth-order valence-electron chi connectivity index (χ4n) is 5.52. The molecule has 226 valence electrons. The van der Waals surface area contributed by atoms with Gasteiger partial charge in [0.25, 0.3) is 0 Å². The van der Waals surface area contributed by atoms with Crippen LogP contribution in [-0.4, -0.2) is 11.9 Å². The van der Waals surface area contributed by atoms with Gasteiger partial charge in [-0.3, -0.25) is 4.79 Å². The van der Waals surface area contributed by atoms with Crippen molar-refractivity contribution in [3.05, 3.63) is 58.7 Å². The summed E-state index contributed by atoms with van der Waals surface area (Å²) in [6.07, 6.45) is 33.5. The molecule has 0 aliphatic heterocycles. The molecule has 0 fully saturated rings. The van der Waals surface area contributed by atoms with Gasteiger partial charge < -0.3 is 4.74 Å². The van der Waals surface area contributed by atoms with Crippen molar-refractivity contribution in [1.29, 1.82) is 0 Å². The van der Waals surface area contributed by atoms with Gasteiger partial charge in [0, 0.05) is 12.5 Å². The zero-order valence-corrected chi connectivity index (χ0v) is 26.9. The van der Waals surface area contributed by atoms with Gasteiger partial charge >= 0.3 is 11.9 Å². The Labute approximate surface area is 247 Å². The molecule has 0 amide bonds. The summed E-state index contributed by atoms with van der Waals surface area (Å²) in [5, 5.41) is 0. The van der Waals surface area contributed by atoms with Crippen LogP contribution in [0.3, 0.4) is 0 Å². The molecule has 0 aromatic heterocycles. The van der Waals surface area contributed by atoms with Crippen molar-refractivity contribution in [1.82, 2.24) is 0 Å². The molecule has 0 aromatic rings. The van der Waals surface area contributed by atoms with Crippen LogP contribution in [-0.2, 0) is 14.3 Å². The Hall–Kier alpha value is -2.16. The highest BCUT2D eigenvalue weighted by molar-refractivity contribution is 5.92. The molecular formula is C37H60O3. The SMILES string of the molecule is CCCCCCCCCCCCCCCCC(=O)OC(=O)/C=C(C)/C=C/C=C(C)/C=C/C1=C(C)CCCC1(C)C. The van der Waals surface area contributed by atoms with E-state index < -0.39 is 11.9 Å². The zero-order chi connectivity index (χ0) is 29.6. The third-order valence-electron chi connectivity index (χ3n) is 8.07. The summed E-state index contributed by atoms with van der Waals surface area (Å²) in [6.45, 7) is 13.1. The number of carbonyl (C=O) groups is 2. The van der Waals surface area contributed by atoms with Crippen LogP contribution < -0.4 is 0 Å². The molecule has 3 heteroatoms. The van der Waals surface area contributed by atoms with Gasteiger partial charge in [-0.25, -0.2) is 4.79 Å². The number of esters is 2. The van der Waals surface area contributed by atoms with Gasteiger partial charge in [-0.1, -0.05) is 146 Å². The van der Waals surface area contributed by atoms with Crippen LogP contribution in [0, 0.1) is 5.41 Å². The third kappa shape index (κ3) is 17.5. The molecule has 0 bridgehead atoms. The molecule has 0 N–H and O–H groups in total. The van der Waals surface area contributed by atoms with E-state index in [1.807, 2.05) is 25.2 Å². The number of unbranched alkanes of at least 4 members (excludes halogenated alkanes) is 13. The normalized spacial score (nSPS) is 16.4. The molecule has 40 heavy (non-hydrogen) atoms. The summed E-state index contributed by atoms with van der Waals surface area (Å²) in [7, 11) is 0. The number of hydrogen-bond donors (Lipinski definition) is 0. The lowest BCUT2D eigenvalue weighted by Crippen LogP contribution is -2.19. The van der Waals surface area contributed by atoms with Crippen molar-refractivity contribution < 1.29 is 14.3 Å². The van der Waals surface area contributed by atoms with Gasteiger partial charge in [-0.05, 0) is 63.0 Å². The summed E-state index contributed by atoms with van der Waals surface area (Å²) < 4.78 is 4.98. The first-order valence-electron chi connectivity index (χ1n) is 16.3. The van der Waals surface area contributed by atoms with Crippen molar-refractivity contribution in [2.75, 3.05) is 0 Å². The Balaban J connectivity index is 2.19. The standard InChI is InChI=1S/C37H60O3/c1-7-8-9-10-11-12-13-14-15-16-17-18-19-20-26-35(38)40-36(39)30-32(3)24-21-23-31(2)27-28-34-33(4)25-22-29-37(34,5)6/h21,23-24,27-28,30H,7-20,22,25-26,29H2,1-6H3/b24-21+,28-27+,31-23+,32-30+. The molecule has 1 rings (SSSR count). The highest BCUT2D eigenvalue weighted by Gasteiger charge is 2.26. The number of ether oxygens (including phenoxy) is 1. The lowest BCUT2D eigenvalue weighted by molar-refractivity contribution is -0.156. The first kappa shape index (κ1) is 35.9. The Morgan fingerprint density at radius 2 is 1.35 bits per heavy atom. The Kier molecular flexibility index (Phi) is 19.3. The van der Waals surface area contributed by atoms with Crippen molar-refractivity contribution in [2.45, 2.75) is 157 Å². The molecule has 0 aromatic carbocycles. The first-order valence-corrected chi connectivity index (χ1v) is 16.3. The highest BCUT2D eigenvalue weighted by Crippen LogP contribution is 2.40. The van der Waals surface area contributed by atoms with E-state index in [0.717, 1.165) is 30.4 Å². The summed E-state index contributed by atoms with van der Waals surface area (Å²) >= 11 is 0. The number of rotatable bonds is 20. The maximum atomic E-state index is 12.1. The van der Waals surface area contributed by atoms with Crippen molar-refractivity contribution in [2.24, 2.45) is 5.41 Å². The van der Waals surface area contributed by atoms with E-state index in [9.17, 15) is 9.59 Å². The molecular weight excluding hydrogens is 492 g/mol. The van der Waals surface area contributed by atoms with Crippen molar-refractivity contribution in [3.8, 4) is 0 Å². The maximum absolute atomic E-state index is 12.1. The largest absolute Gasteiger partial charge is 0.390 e. The Morgan fingerprint density at radius 3 is 1.90 bits per heavy atom. The van der Waals surface area contributed by atoms with Gasteiger partial charge in [-0.15, -0.1) is 0 Å². The number of allylic oxidation sites excluding steroid dienone is 9. The molecule has 0 heterocycles. The minimum absolute atomic E-state index is 0.235. The molecule has 0 saturated carbocycles. The van der Waals surface area contributed by atoms with Crippen LogP contribution in [0.5, 0.6) is 0 Å². The van der Waals surface area contributed by atoms with E-state index in [1.54, 1.807) is 0 Å². The van der Waals surface area contributed by atoms with E-state index >= 15 is 0 Å². The summed E-state index contributed by atoms with van der Waals surface area (Å²) in [5.41, 5.74) is 5.09. The predicted molar refractivity (Wildman–Crippen MR) is 172 cm³/mol. The van der Waals surface area contributed by atoms with E-state index in [2.05, 4.69) is 46.8 Å². The second-order valence-electron chi connectivity index (χ2n) is 12.6. The molecule has 0 atom stereocenters. The van der Waals surface area contributed by atoms with Gasteiger partial charge in [0.05, 0.1) is 0 Å². The first-order chi connectivity index (χ1) is 19.2. The van der Waals surface area contributed by atoms with E-state index in [4.69, 9.17) is 4.74 Å². The fourth-order valence-corrected chi connectivity index (χ4v) is 5.52. The van der Waals surface area contributed by atoms with Crippen LogP contribution in [0.15, 0.2) is 58.7 Å². The smallest absolute Gasteiger partial charge is 0.338 e. The quantitative estimate of drug-likeness (QED) is 0.0496. The summed E-state index contributed by atoms with van der Waals surface area (Å²) in [4.78, 5) is 24.1. The van der Waals surface area contributed by atoms with Crippen LogP contribution >= 0.6 is 0 Å². The minimum Gasteiger partial charge on any atom is -0.390 e. The van der Waals surface area contributed by atoms with Crippen molar-refractivity contribution >= 4 is 11.9 Å². The van der Waals surface area contributed by atoms with Crippen molar-refractivity contribution in [3.63, 3.8) is 0 Å². The van der Waals surface area contributed by atoms with Gasteiger partial charge in [0.1, 0.15) is 0 Å². The van der Waals surface area contributed by atoms with E-state index in [0.29, 0.717) is 6.42 Å². The maximum Gasteiger partial charge on any atom is 0.338 e. The second-order valence-corrected chi connectivity index (χ2v) is 12.6. The lowest BCUT2D eigenvalue weighted by Gasteiger charge is -2.32. The second kappa shape index (κ2) is 21.6. The molecule has 0 unspecified atom stereocenters. The topological polar surface area (TPSA) is 43.4 Å². The molecule has 3 nitrogen and oxygen atoms in total. The number of hydrogen-bond acceptors (Lipinski definition) is 3. The number of carbonyl (C=O) groups excluding carboxylic acids is 2. The Morgan fingerprint density at radius 1 is 0.800 bits per heavy atom. The van der Waals surface area contributed by atoms with Gasteiger partial charge in [-0.2, -0.15) is 0 Å². The molecule has 1 aliphatic rings. The average Bonchev–Trinajstić information content (AvgIpc) is 2.88. The third-order valence-corrected chi connectivity index (χ3v) is 8.07. The minimum atomic E-state index is -0.583. The summed E-state index contributed by atoms with van der Waals surface area (Å²) in [6, 6.07) is 0. The molecule has 0 spiro atoms. The van der Waals surface area contributed by atoms with Gasteiger partial charge in [0.15, 0.2) is 0 Å². The summed E-state index contributed by atoms with van der Waals surface area (Å²) in [5.74, 6) is -1.01. The molecule has 0 radical (unpaired) electrons. The molecule has 1 aliphatic carbocycles. The van der Waals surface area contributed by atoms with E-state index in [1.165, 1.54) is 107 Å². The monoisotopic (exact) mass is 552 g/mol. The van der Waals surface area contributed by atoms with E-state index in [-0.39, 0.29) is 5.41 Å². The van der Waals surface area contributed by atoms with Crippen LogP contribution in [0.1, 0.15) is 157 Å². The average molecular weight is 553 g/mol. The zero-order valence-electron chi connectivity index (χ0n) is 26.9. The highest BCUT2D eigenvalue weighted by atomic mass is 16.6. The predicted octanol–water partition coefficient (Wildman–Crippen LogP) is 11.5. The fraction of sp³-hybridized carbons (Fsp3) is 0.676.